The molecule has 0 atom stereocenters. The van der Waals surface area contributed by atoms with Gasteiger partial charge in [0.1, 0.15) is 0 Å². The van der Waals surface area contributed by atoms with Crippen molar-refractivity contribution < 1.29 is 58.5 Å². The van der Waals surface area contributed by atoms with Gasteiger partial charge in [-0.15, -0.1) is 0 Å². The molecule has 0 aliphatic carbocycles. The lowest BCUT2D eigenvalue weighted by molar-refractivity contribution is 0.0826. The van der Waals surface area contributed by atoms with E-state index in [-0.39, 0.29) is 26.9 Å². The number of rotatable bonds is 22. The summed E-state index contributed by atoms with van der Waals surface area (Å²) >= 11 is 29.5. The number of benzene rings is 10. The number of primary sulfonamides is 1. The minimum Gasteiger partial charge on any atom is -0.380 e. The van der Waals surface area contributed by atoms with Crippen LogP contribution >= 0.6 is 58.0 Å². The zero-order chi connectivity index (χ0) is 78.3. The first-order chi connectivity index (χ1) is 50.0. The smallest absolute Gasteiger partial charge is 0.253 e. The predicted molar refractivity (Wildman–Crippen MR) is 428 cm³/mol. The molecule has 0 unspecified atom stereocenters. The minimum atomic E-state index is -3.73. The second kappa shape index (κ2) is 40.4. The second-order valence-corrected chi connectivity index (χ2v) is 33.5. The van der Waals surface area contributed by atoms with Crippen LogP contribution in [0.3, 0.4) is 0 Å². The molecule has 10 rings (SSSR count). The topological polar surface area (TPSA) is 241 Å². The molecule has 0 fully saturated rings. The third-order valence-corrected chi connectivity index (χ3v) is 21.9. The third kappa shape index (κ3) is 25.7. The van der Waals surface area contributed by atoms with Crippen molar-refractivity contribution >= 4 is 99.7 Å². The van der Waals surface area contributed by atoms with E-state index in [2.05, 4.69) is 0 Å². The first-order valence-electron chi connectivity index (χ1n) is 32.6. The Morgan fingerprint density at radius 1 is 0.368 bits per heavy atom. The van der Waals surface area contributed by atoms with Gasteiger partial charge in [-0.05, 0) is 210 Å². The normalized spacial score (nSPS) is 11.4. The predicted octanol–water partition coefficient (Wildman–Crippen LogP) is 18.3. The van der Waals surface area contributed by atoms with Gasteiger partial charge < -0.3 is 34.3 Å². The summed E-state index contributed by atoms with van der Waals surface area (Å²) in [5, 5.41) is 8.49. The van der Waals surface area contributed by atoms with Crippen LogP contribution in [0.4, 0.5) is 0 Å². The van der Waals surface area contributed by atoms with Crippen molar-refractivity contribution in [3.05, 3.63) is 276 Å². The summed E-state index contributed by atoms with van der Waals surface area (Å²) in [5.41, 5.74) is 20.2. The molecule has 17 nitrogen and oxygen atoms in total. The standard InChI is InChI=1S/C19H23ClO3S.C17H18ClNO2.C16H18ClNO3S.C15H14ClNO2.C14H14ClNO3S/c1-19(2,3)13-24(21,22)17-9-10-18(15(11-17)12-23-4)14-5-7-16(20)8-6-14;1-19(2)17(20)13-6-9-16(14(10-13)11-21-3)12-4-7-15(18)8-5-12;1-18(2)22(19,20)15-8-9-16(13(10-15)11-21-3)12-4-6-14(17)7-5-12;1-19-9-12-8-11(15(17)18)4-7-14(12)10-2-5-13(16)6-3-10;1-19-9-11-8-13(20(16,17)18)6-7-14(11)10-2-4-12(15)5-3-10/h5-11H,12-13H2,1-4H3;4-10H,11H2,1-3H3;4-10H,11H2,1-3H3;2-8H,9H2,1H3,(H2,17,18);2-8H,9H2,1H3,(H2,16,17,18). The molecule has 0 spiro atoms. The number of amides is 2. The van der Waals surface area contributed by atoms with Crippen molar-refractivity contribution in [3.63, 3.8) is 0 Å². The van der Waals surface area contributed by atoms with Crippen molar-refractivity contribution in [2.75, 3.05) is 69.5 Å². The van der Waals surface area contributed by atoms with Gasteiger partial charge in [-0.3, -0.25) is 9.59 Å². The Morgan fingerprint density at radius 2 is 0.623 bits per heavy atom. The Morgan fingerprint density at radius 3 is 0.896 bits per heavy atom. The van der Waals surface area contributed by atoms with Gasteiger partial charge in [0, 0.05) is 100.0 Å². The molecule has 0 aliphatic rings. The highest BCUT2D eigenvalue weighted by molar-refractivity contribution is 7.91. The lowest BCUT2D eigenvalue weighted by Gasteiger charge is -2.19. The van der Waals surface area contributed by atoms with Gasteiger partial charge in [-0.2, -0.15) is 0 Å². The fraction of sp³-hybridized carbons (Fsp3) is 0.235. The molecule has 4 N–H and O–H groups in total. The summed E-state index contributed by atoms with van der Waals surface area (Å²) in [6.45, 7) is 7.59. The maximum absolute atomic E-state index is 12.6. The van der Waals surface area contributed by atoms with Gasteiger partial charge >= 0.3 is 0 Å². The molecule has 10 aromatic rings. The zero-order valence-corrected chi connectivity index (χ0v) is 67.1. The average Bonchev–Trinajstić information content (AvgIpc) is 0.852. The average molecular weight is 1600 g/mol. The molecule has 0 radical (unpaired) electrons. The van der Waals surface area contributed by atoms with Crippen LogP contribution in [0.15, 0.2) is 227 Å². The lowest BCUT2D eigenvalue weighted by atomic mass is 9.97. The number of sulfone groups is 1. The molecule has 0 aromatic heterocycles. The SMILES string of the molecule is COCc1cc(C(=O)N(C)C)ccc1-c1ccc(Cl)cc1.COCc1cc(C(N)=O)ccc1-c1ccc(Cl)cc1.COCc1cc(S(=O)(=O)CC(C)(C)C)ccc1-c1ccc(Cl)cc1.COCc1cc(S(=O)(=O)N(C)C)ccc1-c1ccc(Cl)cc1.COCc1cc(S(N)(=O)=O)ccc1-c1ccc(Cl)cc1. The van der Waals surface area contributed by atoms with Gasteiger partial charge in [0.05, 0.1) is 53.5 Å². The number of halogens is 5. The van der Waals surface area contributed by atoms with Crippen LogP contribution in [0, 0.1) is 5.41 Å². The highest BCUT2D eigenvalue weighted by Gasteiger charge is 2.25. The maximum Gasteiger partial charge on any atom is 0.253 e. The summed E-state index contributed by atoms with van der Waals surface area (Å²) in [5.74, 6) is -0.359. The Hall–Kier alpha value is -7.84. The monoisotopic (exact) mass is 1590 g/mol. The fourth-order valence-electron chi connectivity index (χ4n) is 10.8. The van der Waals surface area contributed by atoms with E-state index < -0.39 is 35.8 Å². The Balaban J connectivity index is 0.000000208. The number of sulfonamides is 2. The third-order valence-electron chi connectivity index (χ3n) is 15.7. The van der Waals surface area contributed by atoms with E-state index in [0.717, 1.165) is 83.5 Å². The minimum absolute atomic E-state index is 0.0185. The Kier molecular flexibility index (Phi) is 33.2. The quantitative estimate of drug-likeness (QED) is 0.0642. The molecular weight excluding hydrogens is 1510 g/mol. The molecule has 0 aliphatic heterocycles. The fourth-order valence-corrected chi connectivity index (χ4v) is 14.8. The summed E-state index contributed by atoms with van der Waals surface area (Å²) in [7, 11) is 3.96. The van der Waals surface area contributed by atoms with Crippen LogP contribution in [-0.2, 0) is 86.6 Å². The van der Waals surface area contributed by atoms with Crippen LogP contribution in [0.1, 0.15) is 69.3 Å². The van der Waals surface area contributed by atoms with Crippen LogP contribution in [0.5, 0.6) is 0 Å². The number of methoxy groups -OCH3 is 5. The van der Waals surface area contributed by atoms with E-state index in [1.165, 1.54) is 30.5 Å². The Labute approximate surface area is 648 Å². The number of hydrogen-bond acceptors (Lipinski definition) is 13. The van der Waals surface area contributed by atoms with Crippen molar-refractivity contribution in [2.45, 2.75) is 68.5 Å². The number of carbonyl (C=O) groups is 2. The van der Waals surface area contributed by atoms with E-state index in [1.54, 1.807) is 127 Å². The van der Waals surface area contributed by atoms with Crippen LogP contribution in [0.2, 0.25) is 25.1 Å². The van der Waals surface area contributed by atoms with Crippen molar-refractivity contribution in [1.82, 2.24) is 9.21 Å². The van der Waals surface area contributed by atoms with Gasteiger partial charge in [-0.1, -0.05) is 170 Å². The number of ether oxygens (including phenoxy) is 5. The van der Waals surface area contributed by atoms with E-state index in [4.69, 9.17) is 92.6 Å². The van der Waals surface area contributed by atoms with E-state index in [0.29, 0.717) is 74.2 Å². The van der Waals surface area contributed by atoms with E-state index in [1.807, 2.05) is 148 Å². The summed E-state index contributed by atoms with van der Waals surface area (Å²) < 4.78 is 99.8. The number of primary amides is 1. The lowest BCUT2D eigenvalue weighted by Crippen LogP contribution is -2.22. The largest absolute Gasteiger partial charge is 0.380 e. The van der Waals surface area contributed by atoms with E-state index in [9.17, 15) is 34.8 Å². The molecular formula is C81H87Cl5N4O13S3. The van der Waals surface area contributed by atoms with Gasteiger partial charge in [0.15, 0.2) is 9.84 Å². The van der Waals surface area contributed by atoms with Gasteiger partial charge in [0.2, 0.25) is 26.0 Å². The first kappa shape index (κ1) is 87.1. The molecule has 562 valence electrons. The molecule has 25 heteroatoms. The van der Waals surface area contributed by atoms with Crippen molar-refractivity contribution in [1.29, 1.82) is 0 Å². The summed E-state index contributed by atoms with van der Waals surface area (Å²) in [4.78, 5) is 25.5. The summed E-state index contributed by atoms with van der Waals surface area (Å²) in [6.07, 6.45) is 0. The van der Waals surface area contributed by atoms with Crippen molar-refractivity contribution in [3.8, 4) is 55.6 Å². The molecule has 2 amide bonds. The number of hydrogen-bond donors (Lipinski definition) is 2. The molecule has 0 saturated carbocycles. The van der Waals surface area contributed by atoms with Crippen LogP contribution in [0.25, 0.3) is 55.6 Å². The number of nitrogens with two attached hydrogens (primary N) is 2. The first-order valence-corrected chi connectivity index (χ1v) is 39.2. The van der Waals surface area contributed by atoms with Crippen LogP contribution < -0.4 is 10.9 Å². The second-order valence-electron chi connectivity index (χ2n) is 25.6. The zero-order valence-electron chi connectivity index (χ0n) is 60.9. The maximum atomic E-state index is 12.6. The van der Waals surface area contributed by atoms with E-state index >= 15 is 0 Å². The number of nitrogens with zero attached hydrogens (tertiary/aromatic N) is 2. The van der Waals surface area contributed by atoms with Crippen molar-refractivity contribution in [2.24, 2.45) is 16.3 Å². The summed E-state index contributed by atoms with van der Waals surface area (Å²) in [6, 6.07) is 63.4. The number of carbonyl (C=O) groups excluding carboxylic acids is 2. The molecule has 10 aromatic carbocycles. The molecule has 106 heavy (non-hydrogen) atoms. The molecule has 0 heterocycles. The van der Waals surface area contributed by atoms with Gasteiger partial charge in [0.25, 0.3) is 5.91 Å². The molecule has 0 saturated heterocycles. The van der Waals surface area contributed by atoms with Crippen LogP contribution in [-0.4, -0.2) is 116 Å². The van der Waals surface area contributed by atoms with Gasteiger partial charge in [-0.25, -0.2) is 34.7 Å². The highest BCUT2D eigenvalue weighted by atomic mass is 35.5. The Bertz CT molecular complexity index is 4950. The molecule has 0 bridgehead atoms. The highest BCUT2D eigenvalue weighted by Crippen LogP contribution is 2.34.